The second-order valence-electron chi connectivity index (χ2n) is 3.48. The highest BCUT2D eigenvalue weighted by Crippen LogP contribution is 2.01. The molecule has 0 saturated carbocycles. The first kappa shape index (κ1) is 11.8. The Balaban J connectivity index is 2.49. The van der Waals surface area contributed by atoms with Gasteiger partial charge in [0.1, 0.15) is 6.54 Å². The van der Waals surface area contributed by atoms with Crippen LogP contribution in [0.4, 0.5) is 0 Å². The van der Waals surface area contributed by atoms with Gasteiger partial charge in [-0.1, -0.05) is 6.92 Å². The molecular formula is C11H19N3O. The molecule has 15 heavy (non-hydrogen) atoms. The zero-order chi connectivity index (χ0) is 11.1. The van der Waals surface area contributed by atoms with Gasteiger partial charge in [-0.15, -0.1) is 0 Å². The minimum atomic E-state index is 0.0305. The first-order chi connectivity index (χ1) is 7.27. The Morgan fingerprint density at radius 1 is 1.53 bits per heavy atom. The van der Waals surface area contributed by atoms with Crippen LogP contribution in [0.15, 0.2) is 18.3 Å². The van der Waals surface area contributed by atoms with E-state index in [0.717, 1.165) is 25.2 Å². The lowest BCUT2D eigenvalue weighted by atomic mass is 10.4. The number of aromatic nitrogens is 1. The van der Waals surface area contributed by atoms with Crippen molar-refractivity contribution >= 4 is 5.91 Å². The van der Waals surface area contributed by atoms with Gasteiger partial charge in [-0.05, 0) is 25.1 Å². The molecule has 0 aromatic carbocycles. The third-order valence-electron chi connectivity index (χ3n) is 2.25. The molecule has 4 heteroatoms. The van der Waals surface area contributed by atoms with Gasteiger partial charge in [0, 0.05) is 25.5 Å². The highest BCUT2D eigenvalue weighted by Gasteiger charge is 2.03. The van der Waals surface area contributed by atoms with E-state index in [1.165, 1.54) is 0 Å². The molecular weight excluding hydrogens is 190 g/mol. The normalized spacial score (nSPS) is 10.3. The Bertz CT molecular complexity index is 307. The maximum Gasteiger partial charge on any atom is 0.239 e. The fourth-order valence-corrected chi connectivity index (χ4v) is 1.39. The predicted molar refractivity (Wildman–Crippen MR) is 60.5 cm³/mol. The zero-order valence-electron chi connectivity index (χ0n) is 9.42. The maximum atomic E-state index is 11.2. The average Bonchev–Trinajstić information content (AvgIpc) is 2.66. The molecule has 1 aromatic heterocycles. The summed E-state index contributed by atoms with van der Waals surface area (Å²) >= 11 is 0. The van der Waals surface area contributed by atoms with Crippen LogP contribution in [0.1, 0.15) is 19.0 Å². The number of carbonyl (C=O) groups excluding carboxylic acids is 1. The number of nitrogens with one attached hydrogen (secondary N) is 2. The van der Waals surface area contributed by atoms with E-state index in [9.17, 15) is 4.79 Å². The largest absolute Gasteiger partial charge is 0.358 e. The van der Waals surface area contributed by atoms with E-state index in [-0.39, 0.29) is 5.91 Å². The van der Waals surface area contributed by atoms with Gasteiger partial charge in [-0.3, -0.25) is 4.79 Å². The number of hydrogen-bond donors (Lipinski definition) is 2. The molecule has 0 fully saturated rings. The van der Waals surface area contributed by atoms with Gasteiger partial charge in [-0.25, -0.2) is 0 Å². The predicted octanol–water partition coefficient (Wildman–Crippen LogP) is 0.734. The lowest BCUT2D eigenvalue weighted by Gasteiger charge is -2.08. The number of nitrogens with zero attached hydrogens (tertiary/aromatic N) is 1. The van der Waals surface area contributed by atoms with Crippen LogP contribution in [0.25, 0.3) is 0 Å². The van der Waals surface area contributed by atoms with Gasteiger partial charge in [0.2, 0.25) is 5.91 Å². The number of likely N-dealkylation sites (N-methyl/N-ethyl adjacent to an activating group) is 1. The van der Waals surface area contributed by atoms with E-state index in [4.69, 9.17) is 0 Å². The Hall–Kier alpha value is -1.29. The van der Waals surface area contributed by atoms with Crippen LogP contribution < -0.4 is 10.6 Å². The van der Waals surface area contributed by atoms with E-state index < -0.39 is 0 Å². The summed E-state index contributed by atoms with van der Waals surface area (Å²) in [7, 11) is 1.65. The molecule has 0 atom stereocenters. The van der Waals surface area contributed by atoms with Crippen molar-refractivity contribution in [2.75, 3.05) is 13.6 Å². The molecule has 2 N–H and O–H groups in total. The molecule has 1 amide bonds. The topological polar surface area (TPSA) is 46.1 Å². The van der Waals surface area contributed by atoms with Gasteiger partial charge in [0.25, 0.3) is 0 Å². The third-order valence-corrected chi connectivity index (χ3v) is 2.25. The minimum absolute atomic E-state index is 0.0305. The lowest BCUT2D eigenvalue weighted by Crippen LogP contribution is -2.25. The van der Waals surface area contributed by atoms with Crippen molar-refractivity contribution in [1.82, 2.24) is 15.2 Å². The molecule has 0 radical (unpaired) electrons. The van der Waals surface area contributed by atoms with Gasteiger partial charge >= 0.3 is 0 Å². The summed E-state index contributed by atoms with van der Waals surface area (Å²) in [6, 6.07) is 4.00. The Kier molecular flexibility index (Phi) is 4.90. The summed E-state index contributed by atoms with van der Waals surface area (Å²) < 4.78 is 1.96. The second-order valence-corrected chi connectivity index (χ2v) is 3.48. The quantitative estimate of drug-likeness (QED) is 0.679. The molecule has 4 nitrogen and oxygen atoms in total. The zero-order valence-corrected chi connectivity index (χ0v) is 9.42. The highest BCUT2D eigenvalue weighted by molar-refractivity contribution is 5.75. The van der Waals surface area contributed by atoms with Crippen LogP contribution in [0.5, 0.6) is 0 Å². The van der Waals surface area contributed by atoms with Gasteiger partial charge in [0.15, 0.2) is 0 Å². The third kappa shape index (κ3) is 3.75. The second kappa shape index (κ2) is 6.24. The first-order valence-corrected chi connectivity index (χ1v) is 5.33. The minimum Gasteiger partial charge on any atom is -0.358 e. The van der Waals surface area contributed by atoms with Crippen molar-refractivity contribution in [1.29, 1.82) is 0 Å². The van der Waals surface area contributed by atoms with Crippen molar-refractivity contribution in [3.8, 4) is 0 Å². The standard InChI is InChI=1S/C11H19N3O/c1-3-6-13-8-10-5-4-7-14(10)9-11(15)12-2/h4-5,7,13H,3,6,8-9H2,1-2H3,(H,12,15). The van der Waals surface area contributed by atoms with Crippen molar-refractivity contribution in [2.24, 2.45) is 0 Å². The van der Waals surface area contributed by atoms with E-state index in [1.54, 1.807) is 7.05 Å². The summed E-state index contributed by atoms with van der Waals surface area (Å²) in [5, 5.41) is 5.93. The summed E-state index contributed by atoms with van der Waals surface area (Å²) in [6.45, 7) is 4.35. The van der Waals surface area contributed by atoms with Crippen LogP contribution in [0, 0.1) is 0 Å². The fraction of sp³-hybridized carbons (Fsp3) is 0.545. The highest BCUT2D eigenvalue weighted by atomic mass is 16.1. The molecule has 0 bridgehead atoms. The number of rotatable bonds is 6. The van der Waals surface area contributed by atoms with E-state index >= 15 is 0 Å². The van der Waals surface area contributed by atoms with Crippen molar-refractivity contribution in [3.05, 3.63) is 24.0 Å². The molecule has 0 saturated heterocycles. The molecule has 1 rings (SSSR count). The lowest BCUT2D eigenvalue weighted by molar-refractivity contribution is -0.121. The molecule has 0 spiro atoms. The number of amides is 1. The molecule has 0 aliphatic carbocycles. The molecule has 1 aromatic rings. The van der Waals surface area contributed by atoms with Crippen LogP contribution in [-0.2, 0) is 17.9 Å². The van der Waals surface area contributed by atoms with Gasteiger partial charge < -0.3 is 15.2 Å². The van der Waals surface area contributed by atoms with Crippen LogP contribution in [-0.4, -0.2) is 24.1 Å². The van der Waals surface area contributed by atoms with Crippen molar-refractivity contribution in [3.63, 3.8) is 0 Å². The van der Waals surface area contributed by atoms with E-state index in [2.05, 4.69) is 17.6 Å². The van der Waals surface area contributed by atoms with Crippen molar-refractivity contribution < 1.29 is 4.79 Å². The monoisotopic (exact) mass is 209 g/mol. The smallest absolute Gasteiger partial charge is 0.239 e. The van der Waals surface area contributed by atoms with Gasteiger partial charge in [0.05, 0.1) is 0 Å². The molecule has 0 aliphatic rings. The fourth-order valence-electron chi connectivity index (χ4n) is 1.39. The SMILES string of the molecule is CCCNCc1cccn1CC(=O)NC. The summed E-state index contributed by atoms with van der Waals surface area (Å²) in [5.41, 5.74) is 1.15. The first-order valence-electron chi connectivity index (χ1n) is 5.33. The molecule has 84 valence electrons. The summed E-state index contributed by atoms with van der Waals surface area (Å²) in [5.74, 6) is 0.0305. The molecule has 0 aliphatic heterocycles. The Morgan fingerprint density at radius 3 is 3.00 bits per heavy atom. The Morgan fingerprint density at radius 2 is 2.33 bits per heavy atom. The maximum absolute atomic E-state index is 11.2. The van der Waals surface area contributed by atoms with Crippen LogP contribution >= 0.6 is 0 Å². The van der Waals surface area contributed by atoms with E-state index in [1.807, 2.05) is 22.9 Å². The Labute approximate surface area is 90.7 Å². The molecule has 1 heterocycles. The number of carbonyl (C=O) groups is 1. The van der Waals surface area contributed by atoms with Crippen LogP contribution in [0.2, 0.25) is 0 Å². The van der Waals surface area contributed by atoms with Crippen molar-refractivity contribution in [2.45, 2.75) is 26.4 Å². The molecule has 0 unspecified atom stereocenters. The van der Waals surface area contributed by atoms with Gasteiger partial charge in [-0.2, -0.15) is 0 Å². The average molecular weight is 209 g/mol. The van der Waals surface area contributed by atoms with Crippen LogP contribution in [0.3, 0.4) is 0 Å². The van der Waals surface area contributed by atoms with E-state index in [0.29, 0.717) is 6.54 Å². The summed E-state index contributed by atoms with van der Waals surface area (Å²) in [6.07, 6.45) is 3.05. The number of hydrogen-bond acceptors (Lipinski definition) is 2. The summed E-state index contributed by atoms with van der Waals surface area (Å²) in [4.78, 5) is 11.2.